The van der Waals surface area contributed by atoms with Gasteiger partial charge in [0.25, 0.3) is 0 Å². The van der Waals surface area contributed by atoms with E-state index in [4.69, 9.17) is 0 Å². The smallest absolute Gasteiger partial charge is 0.155 e. The largest absolute Gasteiger partial charge is 0.313 e. The van der Waals surface area contributed by atoms with Crippen molar-refractivity contribution >= 4 is 9.84 Å². The minimum Gasteiger partial charge on any atom is -0.313 e. The molecule has 0 radical (unpaired) electrons. The molecule has 1 aromatic rings. The Hall–Kier alpha value is -0.940. The normalized spacial score (nSPS) is 20.8. The third kappa shape index (κ3) is 4.07. The van der Waals surface area contributed by atoms with Crippen molar-refractivity contribution in [3.63, 3.8) is 0 Å². The molecule has 1 aromatic carbocycles. The van der Waals surface area contributed by atoms with E-state index in [9.17, 15) is 12.8 Å². The van der Waals surface area contributed by atoms with Gasteiger partial charge in [-0.05, 0) is 37.1 Å². The van der Waals surface area contributed by atoms with E-state index in [1.807, 2.05) is 0 Å². The number of hydrogen-bond acceptors (Lipinski definition) is 3. The molecule has 0 aliphatic carbocycles. The number of hydrogen-bond donors (Lipinski definition) is 1. The fourth-order valence-corrected chi connectivity index (χ4v) is 3.98. The molecule has 1 fully saturated rings. The zero-order valence-electron chi connectivity index (χ0n) is 10.2. The van der Waals surface area contributed by atoms with Crippen molar-refractivity contribution < 1.29 is 12.8 Å². The fourth-order valence-electron chi connectivity index (χ4n) is 2.27. The number of benzene rings is 1. The van der Waals surface area contributed by atoms with Crippen molar-refractivity contribution in [2.75, 3.05) is 12.3 Å². The number of piperidine rings is 1. The van der Waals surface area contributed by atoms with Gasteiger partial charge >= 0.3 is 0 Å². The fraction of sp³-hybridized carbons (Fsp3) is 0.538. The first-order chi connectivity index (χ1) is 8.55. The van der Waals surface area contributed by atoms with Crippen LogP contribution in [0.5, 0.6) is 0 Å². The maximum absolute atomic E-state index is 12.7. The van der Waals surface area contributed by atoms with Gasteiger partial charge in [0, 0.05) is 6.04 Å². The summed E-state index contributed by atoms with van der Waals surface area (Å²) in [6, 6.07) is 5.72. The molecule has 1 saturated heterocycles. The third-order valence-electron chi connectivity index (χ3n) is 3.17. The SMILES string of the molecule is O=S(=O)(Cc1ccc(F)cc1)CC1CCCCN1. The van der Waals surface area contributed by atoms with E-state index in [2.05, 4.69) is 5.32 Å². The van der Waals surface area contributed by atoms with Crippen LogP contribution in [0, 0.1) is 5.82 Å². The Labute approximate surface area is 107 Å². The highest BCUT2D eigenvalue weighted by molar-refractivity contribution is 7.90. The summed E-state index contributed by atoms with van der Waals surface area (Å²) in [5.74, 6) is -0.180. The van der Waals surface area contributed by atoms with Crippen molar-refractivity contribution in [3.05, 3.63) is 35.6 Å². The molecule has 100 valence electrons. The van der Waals surface area contributed by atoms with Crippen LogP contribution in [0.1, 0.15) is 24.8 Å². The summed E-state index contributed by atoms with van der Waals surface area (Å²) in [4.78, 5) is 0. The van der Waals surface area contributed by atoms with Crippen LogP contribution in [0.25, 0.3) is 0 Å². The third-order valence-corrected chi connectivity index (χ3v) is 4.85. The number of nitrogens with one attached hydrogen (secondary N) is 1. The Morgan fingerprint density at radius 3 is 2.56 bits per heavy atom. The molecule has 0 aromatic heterocycles. The zero-order chi connectivity index (χ0) is 13.0. The second-order valence-corrected chi connectivity index (χ2v) is 6.94. The van der Waals surface area contributed by atoms with E-state index in [0.29, 0.717) is 5.56 Å². The monoisotopic (exact) mass is 271 g/mol. The zero-order valence-corrected chi connectivity index (χ0v) is 11.0. The molecular weight excluding hydrogens is 253 g/mol. The minimum atomic E-state index is -3.13. The van der Waals surface area contributed by atoms with E-state index < -0.39 is 9.84 Å². The summed E-state index contributed by atoms with van der Waals surface area (Å²) >= 11 is 0. The predicted molar refractivity (Wildman–Crippen MR) is 69.5 cm³/mol. The van der Waals surface area contributed by atoms with Crippen LogP contribution in [0.2, 0.25) is 0 Å². The average Bonchev–Trinajstić information content (AvgIpc) is 2.32. The molecule has 1 heterocycles. The molecular formula is C13H18FNO2S. The van der Waals surface area contributed by atoms with Gasteiger partial charge < -0.3 is 5.32 Å². The lowest BCUT2D eigenvalue weighted by Crippen LogP contribution is -2.39. The Bertz CT molecular complexity index is 478. The maximum Gasteiger partial charge on any atom is 0.155 e. The number of sulfone groups is 1. The predicted octanol–water partition coefficient (Wildman–Crippen LogP) is 1.88. The van der Waals surface area contributed by atoms with Crippen LogP contribution in [0.3, 0.4) is 0 Å². The van der Waals surface area contributed by atoms with Gasteiger partial charge in [-0.1, -0.05) is 18.6 Å². The Morgan fingerprint density at radius 2 is 1.94 bits per heavy atom. The molecule has 1 aliphatic heterocycles. The second-order valence-electron chi connectivity index (χ2n) is 4.83. The van der Waals surface area contributed by atoms with Crippen molar-refractivity contribution in [3.8, 4) is 0 Å². The first-order valence-electron chi connectivity index (χ1n) is 6.23. The summed E-state index contributed by atoms with van der Waals surface area (Å²) in [7, 11) is -3.13. The highest BCUT2D eigenvalue weighted by atomic mass is 32.2. The Kier molecular flexibility index (Phi) is 4.35. The first-order valence-corrected chi connectivity index (χ1v) is 8.05. The van der Waals surface area contributed by atoms with Gasteiger partial charge in [-0.2, -0.15) is 0 Å². The standard InChI is InChI=1S/C13H18FNO2S/c14-12-6-4-11(5-7-12)9-18(16,17)10-13-3-1-2-8-15-13/h4-7,13,15H,1-3,8-10H2. The summed E-state index contributed by atoms with van der Waals surface area (Å²) in [5, 5.41) is 3.23. The molecule has 0 spiro atoms. The van der Waals surface area contributed by atoms with Crippen LogP contribution >= 0.6 is 0 Å². The quantitative estimate of drug-likeness (QED) is 0.909. The van der Waals surface area contributed by atoms with Gasteiger partial charge in [0.05, 0.1) is 11.5 Å². The molecule has 2 rings (SSSR count). The van der Waals surface area contributed by atoms with Crippen molar-refractivity contribution in [1.29, 1.82) is 0 Å². The van der Waals surface area contributed by atoms with Crippen molar-refractivity contribution in [2.45, 2.75) is 31.1 Å². The van der Waals surface area contributed by atoms with E-state index >= 15 is 0 Å². The molecule has 1 N–H and O–H groups in total. The van der Waals surface area contributed by atoms with E-state index in [0.717, 1.165) is 25.8 Å². The van der Waals surface area contributed by atoms with E-state index in [-0.39, 0.29) is 23.4 Å². The lowest BCUT2D eigenvalue weighted by atomic mass is 10.1. The summed E-state index contributed by atoms with van der Waals surface area (Å²) in [5.41, 5.74) is 0.646. The average molecular weight is 271 g/mol. The summed E-state index contributed by atoms with van der Waals surface area (Å²) < 4.78 is 36.8. The molecule has 3 nitrogen and oxygen atoms in total. The molecule has 0 amide bonds. The number of rotatable bonds is 4. The second kappa shape index (κ2) is 5.80. The highest BCUT2D eigenvalue weighted by Crippen LogP contribution is 2.13. The highest BCUT2D eigenvalue weighted by Gasteiger charge is 2.21. The van der Waals surface area contributed by atoms with Crippen LogP contribution in [0.4, 0.5) is 4.39 Å². The van der Waals surface area contributed by atoms with Crippen LogP contribution in [0.15, 0.2) is 24.3 Å². The van der Waals surface area contributed by atoms with E-state index in [1.54, 1.807) is 0 Å². The minimum absolute atomic E-state index is 0.00847. The molecule has 1 aliphatic rings. The topological polar surface area (TPSA) is 46.2 Å². The van der Waals surface area contributed by atoms with Crippen LogP contribution in [-0.4, -0.2) is 26.8 Å². The van der Waals surface area contributed by atoms with Gasteiger partial charge in [-0.15, -0.1) is 0 Å². The van der Waals surface area contributed by atoms with Crippen LogP contribution in [-0.2, 0) is 15.6 Å². The lowest BCUT2D eigenvalue weighted by Gasteiger charge is -2.23. The van der Waals surface area contributed by atoms with Gasteiger partial charge in [0.1, 0.15) is 5.82 Å². The van der Waals surface area contributed by atoms with Gasteiger partial charge in [-0.25, -0.2) is 12.8 Å². The molecule has 0 bridgehead atoms. The van der Waals surface area contributed by atoms with Gasteiger partial charge in [0.2, 0.25) is 0 Å². The molecule has 18 heavy (non-hydrogen) atoms. The van der Waals surface area contributed by atoms with Gasteiger partial charge in [-0.3, -0.25) is 0 Å². The van der Waals surface area contributed by atoms with Crippen molar-refractivity contribution in [1.82, 2.24) is 5.32 Å². The maximum atomic E-state index is 12.7. The lowest BCUT2D eigenvalue weighted by molar-refractivity contribution is 0.423. The first kappa shape index (κ1) is 13.5. The summed E-state index contributed by atoms with van der Waals surface area (Å²) in [6.45, 7) is 0.900. The molecule has 5 heteroatoms. The van der Waals surface area contributed by atoms with Crippen LogP contribution < -0.4 is 5.32 Å². The van der Waals surface area contributed by atoms with Gasteiger partial charge in [0.15, 0.2) is 9.84 Å². The Morgan fingerprint density at radius 1 is 1.22 bits per heavy atom. The Balaban J connectivity index is 1.96. The molecule has 1 unspecified atom stereocenters. The number of halogens is 1. The summed E-state index contributed by atoms with van der Waals surface area (Å²) in [6.07, 6.45) is 3.13. The molecule has 1 atom stereocenters. The van der Waals surface area contributed by atoms with E-state index in [1.165, 1.54) is 24.3 Å². The molecule has 0 saturated carbocycles. The van der Waals surface area contributed by atoms with Crippen molar-refractivity contribution in [2.24, 2.45) is 0 Å².